The number of hydrogen-bond donors (Lipinski definition) is 2. The zero-order chi connectivity index (χ0) is 16.1. The maximum Gasteiger partial charge on any atom is 0.262 e. The molecule has 0 aliphatic heterocycles. The quantitative estimate of drug-likeness (QED) is 0.784. The lowest BCUT2D eigenvalue weighted by Crippen LogP contribution is -2.20. The van der Waals surface area contributed by atoms with Crippen LogP contribution in [0.1, 0.15) is 25.3 Å². The van der Waals surface area contributed by atoms with E-state index in [1.54, 1.807) is 12.1 Å². The van der Waals surface area contributed by atoms with Crippen LogP contribution in [0.2, 0.25) is 0 Å². The largest absolute Gasteiger partial charge is 0.484 e. The maximum atomic E-state index is 11.9. The normalized spacial score (nSPS) is 10.5. The molecule has 0 saturated carbocycles. The molecular formula is C17H19BrN2O2. The van der Waals surface area contributed by atoms with Gasteiger partial charge in [0.2, 0.25) is 0 Å². The molecule has 5 heteroatoms. The number of rotatable bonds is 5. The predicted octanol–water partition coefficient (Wildman–Crippen LogP) is 4.17. The van der Waals surface area contributed by atoms with Crippen LogP contribution >= 0.6 is 15.9 Å². The van der Waals surface area contributed by atoms with Gasteiger partial charge >= 0.3 is 0 Å². The number of nitrogens with one attached hydrogen (secondary N) is 1. The van der Waals surface area contributed by atoms with Gasteiger partial charge in [0.25, 0.3) is 5.91 Å². The molecule has 0 aliphatic rings. The lowest BCUT2D eigenvalue weighted by molar-refractivity contribution is -0.118. The molecule has 0 unspecified atom stereocenters. The average molecular weight is 363 g/mol. The molecule has 0 atom stereocenters. The van der Waals surface area contributed by atoms with Crippen molar-refractivity contribution in [3.63, 3.8) is 0 Å². The molecule has 0 spiro atoms. The third kappa shape index (κ3) is 4.49. The standard InChI is InChI=1S/C17H19BrN2O2/c1-11(2)12-3-6-14(7-4-12)22-10-17(21)20-16-8-5-13(18)9-15(16)19/h3-9,11H,10,19H2,1-2H3,(H,20,21). The van der Waals surface area contributed by atoms with Crippen LogP contribution in [-0.2, 0) is 4.79 Å². The molecule has 0 saturated heterocycles. The Bertz CT molecular complexity index is 654. The Morgan fingerprint density at radius 3 is 2.50 bits per heavy atom. The number of ether oxygens (including phenoxy) is 1. The van der Waals surface area contributed by atoms with Crippen molar-refractivity contribution in [1.29, 1.82) is 0 Å². The molecule has 1 amide bonds. The van der Waals surface area contributed by atoms with Gasteiger partial charge in [-0.3, -0.25) is 4.79 Å². The van der Waals surface area contributed by atoms with Gasteiger partial charge in [0.1, 0.15) is 5.75 Å². The van der Waals surface area contributed by atoms with Crippen molar-refractivity contribution >= 4 is 33.2 Å². The van der Waals surface area contributed by atoms with Gasteiger partial charge in [0.05, 0.1) is 11.4 Å². The van der Waals surface area contributed by atoms with Crippen molar-refractivity contribution in [3.8, 4) is 5.75 Å². The topological polar surface area (TPSA) is 64.3 Å². The van der Waals surface area contributed by atoms with Crippen LogP contribution in [0.4, 0.5) is 11.4 Å². The van der Waals surface area contributed by atoms with Gasteiger partial charge < -0.3 is 15.8 Å². The Hall–Kier alpha value is -2.01. The highest BCUT2D eigenvalue weighted by atomic mass is 79.9. The van der Waals surface area contributed by atoms with Crippen LogP contribution in [-0.4, -0.2) is 12.5 Å². The highest BCUT2D eigenvalue weighted by Gasteiger charge is 2.07. The first-order chi connectivity index (χ1) is 10.5. The summed E-state index contributed by atoms with van der Waals surface area (Å²) < 4.78 is 6.34. The molecule has 116 valence electrons. The monoisotopic (exact) mass is 362 g/mol. The minimum atomic E-state index is -0.248. The molecule has 22 heavy (non-hydrogen) atoms. The molecule has 0 bridgehead atoms. The van der Waals surface area contributed by atoms with Crippen molar-refractivity contribution in [1.82, 2.24) is 0 Å². The van der Waals surface area contributed by atoms with Crippen molar-refractivity contribution in [2.45, 2.75) is 19.8 Å². The van der Waals surface area contributed by atoms with E-state index >= 15 is 0 Å². The Balaban J connectivity index is 1.89. The third-order valence-electron chi connectivity index (χ3n) is 3.20. The van der Waals surface area contributed by atoms with E-state index in [4.69, 9.17) is 10.5 Å². The molecule has 0 fully saturated rings. The molecule has 2 rings (SSSR count). The van der Waals surface area contributed by atoms with E-state index in [-0.39, 0.29) is 12.5 Å². The van der Waals surface area contributed by atoms with Crippen molar-refractivity contribution < 1.29 is 9.53 Å². The van der Waals surface area contributed by atoms with E-state index in [9.17, 15) is 4.79 Å². The number of halogens is 1. The number of nitrogen functional groups attached to an aromatic ring is 1. The molecule has 3 N–H and O–H groups in total. The molecule has 2 aromatic rings. The number of anilines is 2. The van der Waals surface area contributed by atoms with Crippen molar-refractivity contribution in [2.24, 2.45) is 0 Å². The van der Waals surface area contributed by atoms with Gasteiger partial charge in [-0.1, -0.05) is 41.9 Å². The number of amides is 1. The van der Waals surface area contributed by atoms with Crippen LogP contribution in [0.5, 0.6) is 5.75 Å². The number of nitrogens with two attached hydrogens (primary N) is 1. The second-order valence-electron chi connectivity index (χ2n) is 5.29. The smallest absolute Gasteiger partial charge is 0.262 e. The first-order valence-electron chi connectivity index (χ1n) is 7.03. The van der Waals surface area contributed by atoms with Crippen LogP contribution in [0.15, 0.2) is 46.9 Å². The predicted molar refractivity (Wildman–Crippen MR) is 93.2 cm³/mol. The van der Waals surface area contributed by atoms with E-state index in [0.717, 1.165) is 4.47 Å². The summed E-state index contributed by atoms with van der Waals surface area (Å²) in [5.41, 5.74) is 8.15. The fraction of sp³-hybridized carbons (Fsp3) is 0.235. The van der Waals surface area contributed by atoms with Gasteiger partial charge in [-0.2, -0.15) is 0 Å². The van der Waals surface area contributed by atoms with Crippen LogP contribution in [0.25, 0.3) is 0 Å². The Labute approximate surface area is 138 Å². The third-order valence-corrected chi connectivity index (χ3v) is 3.70. The Morgan fingerprint density at radius 1 is 1.23 bits per heavy atom. The molecule has 2 aromatic carbocycles. The van der Waals surface area contributed by atoms with Gasteiger partial charge in [-0.15, -0.1) is 0 Å². The lowest BCUT2D eigenvalue weighted by atomic mass is 10.0. The second kappa shape index (κ2) is 7.31. The Kier molecular flexibility index (Phi) is 5.44. The molecule has 4 nitrogen and oxygen atoms in total. The summed E-state index contributed by atoms with van der Waals surface area (Å²) in [7, 11) is 0. The molecule has 0 aliphatic carbocycles. The SMILES string of the molecule is CC(C)c1ccc(OCC(=O)Nc2ccc(Br)cc2N)cc1. The minimum absolute atomic E-state index is 0.0590. The summed E-state index contributed by atoms with van der Waals surface area (Å²) in [6.45, 7) is 4.20. The number of hydrogen-bond acceptors (Lipinski definition) is 3. The zero-order valence-corrected chi connectivity index (χ0v) is 14.2. The summed E-state index contributed by atoms with van der Waals surface area (Å²) in [6, 6.07) is 13.1. The summed E-state index contributed by atoms with van der Waals surface area (Å²) in [6.07, 6.45) is 0. The number of benzene rings is 2. The number of carbonyl (C=O) groups is 1. The zero-order valence-electron chi connectivity index (χ0n) is 12.6. The second-order valence-corrected chi connectivity index (χ2v) is 6.21. The van der Waals surface area contributed by atoms with Gasteiger partial charge in [0.15, 0.2) is 6.61 Å². The van der Waals surface area contributed by atoms with E-state index in [1.165, 1.54) is 5.56 Å². The van der Waals surface area contributed by atoms with E-state index < -0.39 is 0 Å². The Morgan fingerprint density at radius 2 is 1.91 bits per heavy atom. The number of carbonyl (C=O) groups excluding carboxylic acids is 1. The van der Waals surface area contributed by atoms with Crippen LogP contribution in [0, 0.1) is 0 Å². The van der Waals surface area contributed by atoms with Crippen LogP contribution in [0.3, 0.4) is 0 Å². The summed E-state index contributed by atoms with van der Waals surface area (Å²) >= 11 is 3.32. The maximum absolute atomic E-state index is 11.9. The van der Waals surface area contributed by atoms with Crippen molar-refractivity contribution in [2.75, 3.05) is 17.7 Å². The fourth-order valence-corrected chi connectivity index (χ4v) is 2.31. The van der Waals surface area contributed by atoms with E-state index in [1.807, 2.05) is 30.3 Å². The summed E-state index contributed by atoms with van der Waals surface area (Å²) in [5.74, 6) is 0.892. The molecule has 0 aromatic heterocycles. The molecule has 0 radical (unpaired) electrons. The van der Waals surface area contributed by atoms with Crippen LogP contribution < -0.4 is 15.8 Å². The van der Waals surface area contributed by atoms with E-state index in [0.29, 0.717) is 23.0 Å². The summed E-state index contributed by atoms with van der Waals surface area (Å²) in [4.78, 5) is 11.9. The molecular weight excluding hydrogens is 344 g/mol. The first-order valence-corrected chi connectivity index (χ1v) is 7.82. The average Bonchev–Trinajstić information content (AvgIpc) is 2.48. The van der Waals surface area contributed by atoms with Gasteiger partial charge in [-0.25, -0.2) is 0 Å². The highest BCUT2D eigenvalue weighted by Crippen LogP contribution is 2.23. The first kappa shape index (κ1) is 16.4. The minimum Gasteiger partial charge on any atom is -0.484 e. The molecule has 0 heterocycles. The van der Waals surface area contributed by atoms with Gasteiger partial charge in [-0.05, 0) is 41.8 Å². The van der Waals surface area contributed by atoms with E-state index in [2.05, 4.69) is 35.1 Å². The lowest BCUT2D eigenvalue weighted by Gasteiger charge is -2.10. The summed E-state index contributed by atoms with van der Waals surface area (Å²) in [5, 5.41) is 2.73. The van der Waals surface area contributed by atoms with Crippen molar-refractivity contribution in [3.05, 3.63) is 52.5 Å². The van der Waals surface area contributed by atoms with Gasteiger partial charge in [0, 0.05) is 4.47 Å². The highest BCUT2D eigenvalue weighted by molar-refractivity contribution is 9.10. The fourth-order valence-electron chi connectivity index (χ4n) is 1.93.